The molecule has 0 saturated carbocycles. The molecule has 3 aromatic heterocycles. The number of nitrogens with one attached hydrogen (secondary N) is 3. The van der Waals surface area contributed by atoms with Gasteiger partial charge in [-0.2, -0.15) is 0 Å². The number of carbonyl (C=O) groups is 3. The zero-order chi connectivity index (χ0) is 76.9. The average molecular weight is 1460 g/mol. The molecule has 6 aromatic carbocycles. The maximum atomic E-state index is 14.2. The summed E-state index contributed by atoms with van der Waals surface area (Å²) in [6.45, 7) is 6.75. The van der Waals surface area contributed by atoms with Gasteiger partial charge < -0.3 is 92.7 Å². The van der Waals surface area contributed by atoms with Crippen LogP contribution in [-0.2, 0) is 41.1 Å². The molecular formula is C80H81B3F2N4O18. The zero-order valence-corrected chi connectivity index (χ0v) is 60.8. The van der Waals surface area contributed by atoms with E-state index in [9.17, 15) is 53.3 Å². The summed E-state index contributed by atoms with van der Waals surface area (Å²) in [7, 11) is 6.87. The number of allylic oxidation sites excluding steroid dienone is 6. The van der Waals surface area contributed by atoms with E-state index in [0.29, 0.717) is 64.1 Å². The van der Waals surface area contributed by atoms with Gasteiger partial charge in [-0.05, 0) is 248 Å². The van der Waals surface area contributed by atoms with Gasteiger partial charge in [0.05, 0.1) is 118 Å². The molecule has 0 atom stereocenters. The minimum Gasteiger partial charge on any atom is -0.497 e. The number of ether oxygens (including phenoxy) is 7. The van der Waals surface area contributed by atoms with Gasteiger partial charge in [0.15, 0.2) is 0 Å². The van der Waals surface area contributed by atoms with Crippen molar-refractivity contribution in [2.24, 2.45) is 7.05 Å². The number of hydrogen-bond acceptors (Lipinski definition) is 18. The van der Waals surface area contributed by atoms with Crippen molar-refractivity contribution < 1.29 is 95.3 Å². The second kappa shape index (κ2) is 35.0. The van der Waals surface area contributed by atoms with Crippen LogP contribution in [0.3, 0.4) is 0 Å². The van der Waals surface area contributed by atoms with E-state index in [1.54, 1.807) is 86.4 Å². The van der Waals surface area contributed by atoms with Gasteiger partial charge >= 0.3 is 21.4 Å². The molecule has 0 saturated heterocycles. The number of carbonyl (C=O) groups excluding carboxylic acids is 3. The summed E-state index contributed by atoms with van der Waals surface area (Å²) < 4.78 is 78.5. The van der Waals surface area contributed by atoms with Crippen molar-refractivity contribution in [1.82, 2.24) is 20.5 Å². The molecule has 0 aliphatic heterocycles. The summed E-state index contributed by atoms with van der Waals surface area (Å²) in [5.74, 6) is 2.36. The van der Waals surface area contributed by atoms with Gasteiger partial charge in [0.2, 0.25) is 17.7 Å². The Balaban J connectivity index is 0.000000172. The van der Waals surface area contributed by atoms with Crippen molar-refractivity contribution in [1.29, 1.82) is 0 Å². The third-order valence-corrected chi connectivity index (χ3v) is 18.6. The highest BCUT2D eigenvalue weighted by atomic mass is 19.1. The Morgan fingerprint density at radius 3 is 1.04 bits per heavy atom. The second-order valence-electron chi connectivity index (χ2n) is 25.0. The molecule has 552 valence electrons. The SMILES string of the molecule is COc1cc(/C=C2/C(C)=C(CC(=O)NCc3cccn3C)c3cc(F)ccc32)cc(OC)c1B(O)O.COc1cc(/C=C2/C(C)=C(CC(=O)NCc3ccco3)c3cc(F)ccc32)cc(OC)c1B(O)O.COc1ccc2c(c1)C(CC(=O)NCc1ccco1)=C(C)/C2=C/c1cc(OC)c(B(O)O)c(OC)c1. The summed E-state index contributed by atoms with van der Waals surface area (Å²) in [4.78, 5) is 38.3. The minimum absolute atomic E-state index is 0.0720. The molecule has 3 aliphatic carbocycles. The quantitative estimate of drug-likeness (QED) is 0.0241. The molecule has 12 rings (SSSR count). The predicted octanol–water partition coefficient (Wildman–Crippen LogP) is 9.06. The summed E-state index contributed by atoms with van der Waals surface area (Å²) in [6.07, 6.45) is 11.1. The first kappa shape index (κ1) is 78.0. The van der Waals surface area contributed by atoms with Gasteiger partial charge in [-0.25, -0.2) is 8.78 Å². The number of hydrogen-bond donors (Lipinski definition) is 9. The predicted molar refractivity (Wildman–Crippen MR) is 408 cm³/mol. The van der Waals surface area contributed by atoms with Gasteiger partial charge in [0.25, 0.3) is 0 Å². The van der Waals surface area contributed by atoms with Gasteiger partial charge in [0.1, 0.15) is 63.4 Å². The maximum Gasteiger partial charge on any atom is 0.496 e. The van der Waals surface area contributed by atoms with Crippen molar-refractivity contribution in [2.45, 2.75) is 59.7 Å². The van der Waals surface area contributed by atoms with E-state index in [4.69, 9.17) is 42.0 Å². The fourth-order valence-electron chi connectivity index (χ4n) is 13.2. The fraction of sp³-hybridized carbons (Fsp3) is 0.212. The largest absolute Gasteiger partial charge is 0.497 e. The molecule has 3 heterocycles. The second-order valence-corrected chi connectivity index (χ2v) is 25.0. The molecule has 0 fully saturated rings. The molecule has 22 nitrogen and oxygen atoms in total. The zero-order valence-electron chi connectivity index (χ0n) is 60.8. The van der Waals surface area contributed by atoms with Crippen molar-refractivity contribution in [2.75, 3.05) is 49.8 Å². The van der Waals surface area contributed by atoms with Crippen LogP contribution in [0.15, 0.2) is 172 Å². The molecule has 0 spiro atoms. The van der Waals surface area contributed by atoms with Crippen LogP contribution in [0.2, 0.25) is 0 Å². The number of amides is 3. The normalized spacial score (nSPS) is 13.7. The van der Waals surface area contributed by atoms with Crippen molar-refractivity contribution in [3.8, 4) is 40.2 Å². The van der Waals surface area contributed by atoms with E-state index < -0.39 is 27.2 Å². The van der Waals surface area contributed by atoms with Crippen LogP contribution in [0.4, 0.5) is 8.78 Å². The summed E-state index contributed by atoms with van der Waals surface area (Å²) in [6, 6.07) is 35.9. The molecule has 3 aliphatic rings. The Hall–Kier alpha value is -11.6. The van der Waals surface area contributed by atoms with E-state index in [1.807, 2.05) is 93.2 Å². The summed E-state index contributed by atoms with van der Waals surface area (Å²) >= 11 is 0. The van der Waals surface area contributed by atoms with Crippen molar-refractivity contribution in [3.63, 3.8) is 0 Å². The van der Waals surface area contributed by atoms with E-state index in [2.05, 4.69) is 16.0 Å². The number of aromatic nitrogens is 1. The van der Waals surface area contributed by atoms with Crippen molar-refractivity contribution in [3.05, 3.63) is 242 Å². The minimum atomic E-state index is -1.77. The molecule has 107 heavy (non-hydrogen) atoms. The first-order chi connectivity index (χ1) is 51.4. The number of methoxy groups -OCH3 is 7. The van der Waals surface area contributed by atoms with Crippen LogP contribution >= 0.6 is 0 Å². The highest BCUT2D eigenvalue weighted by molar-refractivity contribution is 6.62. The Morgan fingerprint density at radius 2 is 0.748 bits per heavy atom. The molecule has 0 unspecified atom stereocenters. The fourth-order valence-corrected chi connectivity index (χ4v) is 13.2. The summed E-state index contributed by atoms with van der Waals surface area (Å²) in [5.41, 5.74) is 15.9. The van der Waals surface area contributed by atoms with Crippen LogP contribution in [0.1, 0.15) is 107 Å². The molecule has 9 aromatic rings. The number of nitrogens with zero attached hydrogens (tertiary/aromatic N) is 1. The number of aryl methyl sites for hydroxylation is 1. The number of halogens is 2. The first-order valence-electron chi connectivity index (χ1n) is 33.8. The third-order valence-electron chi connectivity index (χ3n) is 18.6. The summed E-state index contributed by atoms with van der Waals surface area (Å²) in [5, 5.41) is 67.2. The third kappa shape index (κ3) is 17.9. The molecular weight excluding hydrogens is 1380 g/mol. The topological polar surface area (TPSA) is 304 Å². The molecule has 0 radical (unpaired) electrons. The molecule has 3 amide bonds. The number of fused-ring (bicyclic) bond motifs is 3. The van der Waals surface area contributed by atoms with Gasteiger partial charge in [0, 0.05) is 18.9 Å². The van der Waals surface area contributed by atoms with Gasteiger partial charge in [-0.15, -0.1) is 0 Å². The standard InChI is InChI=1S/C27H28BFN2O5.C27H28BNO7.C26H25BFNO6/c1-16-21(10-17-11-24(35-3)27(28(33)34)25(12-17)36-4)20-8-7-18(29)13-23(20)22(16)14-26(32)30-15-19-6-5-9-31(19)2;1-16-21(10-17-11-24(34-3)27(28(31)32)25(12-17)35-4)20-8-7-18(33-2)13-23(20)22(16)14-26(30)29-15-19-6-5-9-36-19;1-15-20(9-16-10-23(33-2)26(27(31)32)24(11-16)34-3)19-7-6-17(28)12-22(19)21(15)13-25(30)29-14-18-5-4-8-35-18/h5-13,33-34H,14-15H2,1-4H3,(H,30,32);5-13,31-32H,14-15H2,1-4H3,(H,29,30);4-12,31-32H,13-14H2,1-3H3,(H,29,30)/b2*21-10-;20-9-. The lowest BCUT2D eigenvalue weighted by molar-refractivity contribution is -0.121. The molecule has 0 bridgehead atoms. The Labute approximate surface area is 618 Å². The van der Waals surface area contributed by atoms with Crippen molar-refractivity contribution >= 4 is 107 Å². The van der Waals surface area contributed by atoms with Gasteiger partial charge in [-0.3, -0.25) is 14.4 Å². The van der Waals surface area contributed by atoms with E-state index >= 15 is 0 Å². The van der Waals surface area contributed by atoms with Crippen LogP contribution in [0.25, 0.3) is 51.7 Å². The van der Waals surface area contributed by atoms with Crippen LogP contribution < -0.4 is 65.5 Å². The maximum absolute atomic E-state index is 14.2. The van der Waals surface area contributed by atoms with E-state index in [-0.39, 0.29) is 88.7 Å². The van der Waals surface area contributed by atoms with Crippen LogP contribution in [-0.4, -0.2) is 124 Å². The molecule has 9 N–H and O–H groups in total. The number of rotatable bonds is 25. The Kier molecular flexibility index (Phi) is 25.5. The lowest BCUT2D eigenvalue weighted by Crippen LogP contribution is -2.32. The highest BCUT2D eigenvalue weighted by Crippen LogP contribution is 2.48. The lowest BCUT2D eigenvalue weighted by Gasteiger charge is -2.14. The van der Waals surface area contributed by atoms with E-state index in [1.165, 1.54) is 66.9 Å². The lowest BCUT2D eigenvalue weighted by atomic mass is 9.78. The van der Waals surface area contributed by atoms with Crippen LogP contribution in [0.5, 0.6) is 40.2 Å². The monoisotopic (exact) mass is 1460 g/mol. The number of furan rings is 2. The number of benzene rings is 6. The van der Waals surface area contributed by atoms with E-state index in [0.717, 1.165) is 83.7 Å². The smallest absolute Gasteiger partial charge is 0.496 e. The van der Waals surface area contributed by atoms with Gasteiger partial charge in [-0.1, -0.05) is 18.2 Å². The highest BCUT2D eigenvalue weighted by Gasteiger charge is 2.32. The molecule has 27 heteroatoms. The average Bonchev–Trinajstić information content (AvgIpc) is 1.60. The Morgan fingerprint density at radius 1 is 0.421 bits per heavy atom. The Bertz CT molecular complexity index is 4920. The van der Waals surface area contributed by atoms with Crippen LogP contribution in [0, 0.1) is 11.6 Å². The first-order valence-corrected chi connectivity index (χ1v) is 33.8.